The molecule has 6 nitrogen and oxygen atoms in total. The van der Waals surface area contributed by atoms with Gasteiger partial charge in [-0.05, 0) is 30.4 Å². The molecule has 1 saturated heterocycles. The predicted octanol–water partition coefficient (Wildman–Crippen LogP) is 1.35. The highest BCUT2D eigenvalue weighted by atomic mass is 32.2. The van der Waals surface area contributed by atoms with Gasteiger partial charge in [-0.3, -0.25) is 0 Å². The predicted molar refractivity (Wildman–Crippen MR) is 88.6 cm³/mol. The first kappa shape index (κ1) is 16.3. The third-order valence-corrected chi connectivity index (χ3v) is 5.97. The molecule has 1 atom stereocenters. The van der Waals surface area contributed by atoms with Crippen molar-refractivity contribution in [2.24, 2.45) is 0 Å². The Balaban J connectivity index is 1.61. The first-order chi connectivity index (χ1) is 10.9. The fraction of sp³-hybridized carbons (Fsp3) is 0.562. The summed E-state index contributed by atoms with van der Waals surface area (Å²) in [5.74, 6) is 0. The lowest BCUT2D eigenvalue weighted by Gasteiger charge is -2.35. The number of hydrogen-bond acceptors (Lipinski definition) is 3. The second-order valence-corrected chi connectivity index (χ2v) is 8.22. The molecule has 0 unspecified atom stereocenters. The number of carbonyl (C=O) groups excluding carboxylic acids is 1. The average molecular weight is 337 g/mol. The van der Waals surface area contributed by atoms with Gasteiger partial charge in [-0.1, -0.05) is 24.3 Å². The number of sulfonamides is 1. The van der Waals surface area contributed by atoms with E-state index in [4.69, 9.17) is 0 Å². The molecule has 3 rings (SSSR count). The van der Waals surface area contributed by atoms with Gasteiger partial charge in [0.05, 0.1) is 12.3 Å². The van der Waals surface area contributed by atoms with Crippen LogP contribution in [-0.4, -0.2) is 56.1 Å². The summed E-state index contributed by atoms with van der Waals surface area (Å²) in [5.41, 5.74) is 2.52. The molecule has 7 heteroatoms. The maximum absolute atomic E-state index is 12.5. The number of hydrogen-bond donors (Lipinski definition) is 1. The van der Waals surface area contributed by atoms with E-state index in [1.165, 1.54) is 21.7 Å². The van der Waals surface area contributed by atoms with Gasteiger partial charge >= 0.3 is 6.03 Å². The fourth-order valence-electron chi connectivity index (χ4n) is 3.37. The molecule has 126 valence electrons. The van der Waals surface area contributed by atoms with Gasteiger partial charge in [-0.15, -0.1) is 0 Å². The first-order valence-electron chi connectivity index (χ1n) is 8.03. The first-order valence-corrected chi connectivity index (χ1v) is 9.88. The Morgan fingerprint density at radius 2 is 1.87 bits per heavy atom. The summed E-state index contributed by atoms with van der Waals surface area (Å²) in [6, 6.07) is 8.21. The third kappa shape index (κ3) is 3.67. The molecule has 1 aromatic carbocycles. The van der Waals surface area contributed by atoms with Gasteiger partial charge in [0.25, 0.3) is 0 Å². The van der Waals surface area contributed by atoms with Crippen LogP contribution in [-0.2, 0) is 16.4 Å². The van der Waals surface area contributed by atoms with Crippen molar-refractivity contribution in [3.63, 3.8) is 0 Å². The van der Waals surface area contributed by atoms with Crippen LogP contribution in [0.15, 0.2) is 24.3 Å². The topological polar surface area (TPSA) is 69.7 Å². The van der Waals surface area contributed by atoms with Gasteiger partial charge in [-0.25, -0.2) is 13.2 Å². The Hall–Kier alpha value is -1.60. The van der Waals surface area contributed by atoms with E-state index in [0.717, 1.165) is 19.3 Å². The van der Waals surface area contributed by atoms with Gasteiger partial charge in [0.2, 0.25) is 10.0 Å². The van der Waals surface area contributed by atoms with Crippen molar-refractivity contribution in [3.05, 3.63) is 35.4 Å². The third-order valence-electron chi connectivity index (χ3n) is 4.66. The normalized spacial score (nSPS) is 22.5. The number of piperazine rings is 1. The molecular weight excluding hydrogens is 314 g/mol. The van der Waals surface area contributed by atoms with E-state index >= 15 is 0 Å². The molecule has 2 aliphatic rings. The molecule has 1 fully saturated rings. The zero-order chi connectivity index (χ0) is 16.4. The minimum atomic E-state index is -3.17. The van der Waals surface area contributed by atoms with Gasteiger partial charge in [0.1, 0.15) is 0 Å². The maximum Gasteiger partial charge on any atom is 0.317 e. The molecule has 0 radical (unpaired) electrons. The molecule has 0 saturated carbocycles. The van der Waals surface area contributed by atoms with Crippen LogP contribution in [0.4, 0.5) is 4.79 Å². The number of rotatable bonds is 2. The van der Waals surface area contributed by atoms with Crippen molar-refractivity contribution in [1.82, 2.24) is 14.5 Å². The van der Waals surface area contributed by atoms with E-state index in [-0.39, 0.29) is 12.1 Å². The zero-order valence-electron chi connectivity index (χ0n) is 13.4. The van der Waals surface area contributed by atoms with Crippen LogP contribution < -0.4 is 5.32 Å². The van der Waals surface area contributed by atoms with Crippen LogP contribution in [0.2, 0.25) is 0 Å². The monoisotopic (exact) mass is 337 g/mol. The van der Waals surface area contributed by atoms with E-state index in [2.05, 4.69) is 17.4 Å². The largest absolute Gasteiger partial charge is 0.331 e. The molecule has 1 heterocycles. The number of amides is 2. The van der Waals surface area contributed by atoms with Crippen molar-refractivity contribution in [2.75, 3.05) is 32.4 Å². The fourth-order valence-corrected chi connectivity index (χ4v) is 4.19. The smallest absolute Gasteiger partial charge is 0.317 e. The second kappa shape index (κ2) is 6.49. The Bertz CT molecular complexity index is 682. The van der Waals surface area contributed by atoms with Crippen LogP contribution in [0.1, 0.15) is 30.0 Å². The van der Waals surface area contributed by atoms with E-state index in [9.17, 15) is 13.2 Å². The summed E-state index contributed by atoms with van der Waals surface area (Å²) in [6.45, 7) is 1.61. The van der Waals surface area contributed by atoms with Crippen molar-refractivity contribution < 1.29 is 13.2 Å². The number of carbonyl (C=O) groups is 1. The summed E-state index contributed by atoms with van der Waals surface area (Å²) >= 11 is 0. The Morgan fingerprint density at radius 3 is 2.57 bits per heavy atom. The molecule has 1 N–H and O–H groups in total. The van der Waals surface area contributed by atoms with Crippen LogP contribution >= 0.6 is 0 Å². The van der Waals surface area contributed by atoms with Crippen molar-refractivity contribution in [1.29, 1.82) is 0 Å². The summed E-state index contributed by atoms with van der Waals surface area (Å²) in [5, 5.41) is 3.12. The lowest BCUT2D eigenvalue weighted by atomic mass is 9.88. The SMILES string of the molecule is CS(=O)(=O)N1CCN(C(=O)N[C@H]2CCCc3ccccc32)CC1. The number of aryl methyl sites for hydroxylation is 1. The number of urea groups is 1. The molecule has 2 amide bonds. The Kier molecular flexibility index (Phi) is 4.59. The molecule has 0 bridgehead atoms. The molecule has 1 aliphatic carbocycles. The van der Waals surface area contributed by atoms with Crippen LogP contribution in [0.3, 0.4) is 0 Å². The van der Waals surface area contributed by atoms with E-state index in [1.807, 2.05) is 12.1 Å². The zero-order valence-corrected chi connectivity index (χ0v) is 14.2. The van der Waals surface area contributed by atoms with Gasteiger partial charge in [0, 0.05) is 26.2 Å². The number of fused-ring (bicyclic) bond motifs is 1. The van der Waals surface area contributed by atoms with Crippen molar-refractivity contribution in [2.45, 2.75) is 25.3 Å². The number of benzene rings is 1. The van der Waals surface area contributed by atoms with E-state index in [1.54, 1.807) is 4.90 Å². The summed E-state index contributed by atoms with van der Waals surface area (Å²) in [6.07, 6.45) is 4.30. The minimum absolute atomic E-state index is 0.0559. The van der Waals surface area contributed by atoms with E-state index < -0.39 is 10.0 Å². The lowest BCUT2D eigenvalue weighted by Crippen LogP contribution is -2.53. The van der Waals surface area contributed by atoms with Gasteiger partial charge < -0.3 is 10.2 Å². The molecule has 1 aliphatic heterocycles. The highest BCUT2D eigenvalue weighted by Crippen LogP contribution is 2.29. The summed E-state index contributed by atoms with van der Waals surface area (Å²) in [7, 11) is -3.17. The molecule has 0 spiro atoms. The molecular formula is C16H23N3O3S. The van der Waals surface area contributed by atoms with Crippen molar-refractivity contribution in [3.8, 4) is 0 Å². The average Bonchev–Trinajstić information content (AvgIpc) is 2.54. The van der Waals surface area contributed by atoms with Gasteiger partial charge in [0.15, 0.2) is 0 Å². The minimum Gasteiger partial charge on any atom is -0.331 e. The molecule has 1 aromatic rings. The van der Waals surface area contributed by atoms with Crippen LogP contribution in [0, 0.1) is 0 Å². The second-order valence-electron chi connectivity index (χ2n) is 6.24. The van der Waals surface area contributed by atoms with Crippen LogP contribution in [0.5, 0.6) is 0 Å². The number of nitrogens with one attached hydrogen (secondary N) is 1. The summed E-state index contributed by atoms with van der Waals surface area (Å²) in [4.78, 5) is 14.2. The standard InChI is InChI=1S/C16H23N3O3S/c1-23(21,22)19-11-9-18(10-12-19)16(20)17-15-8-4-6-13-5-2-3-7-14(13)15/h2-3,5,7,15H,4,6,8-12H2,1H3,(H,17,20)/t15-/m0/s1. The quantitative estimate of drug-likeness (QED) is 0.886. The lowest BCUT2D eigenvalue weighted by molar-refractivity contribution is 0.168. The maximum atomic E-state index is 12.5. The van der Waals surface area contributed by atoms with E-state index in [0.29, 0.717) is 26.2 Å². The Morgan fingerprint density at radius 1 is 1.17 bits per heavy atom. The van der Waals surface area contributed by atoms with Crippen molar-refractivity contribution >= 4 is 16.1 Å². The Labute approximate surface area is 137 Å². The molecule has 23 heavy (non-hydrogen) atoms. The molecule has 0 aromatic heterocycles. The van der Waals surface area contributed by atoms with Gasteiger partial charge in [-0.2, -0.15) is 4.31 Å². The highest BCUT2D eigenvalue weighted by molar-refractivity contribution is 7.88. The summed E-state index contributed by atoms with van der Waals surface area (Å²) < 4.78 is 24.5. The highest BCUT2D eigenvalue weighted by Gasteiger charge is 2.28. The number of nitrogens with zero attached hydrogens (tertiary/aromatic N) is 2. The van der Waals surface area contributed by atoms with Crippen LogP contribution in [0.25, 0.3) is 0 Å².